The Balaban J connectivity index is 2.91. The van der Waals surface area contributed by atoms with Crippen molar-refractivity contribution < 1.29 is 27.9 Å². The first-order valence-electron chi connectivity index (χ1n) is 4.10. The van der Waals surface area contributed by atoms with Crippen molar-refractivity contribution in [3.8, 4) is 0 Å². The molecule has 1 rings (SSSR count). The molecule has 1 N–H and O–H groups in total. The van der Waals surface area contributed by atoms with Crippen LogP contribution in [-0.4, -0.2) is 24.6 Å². The fourth-order valence-electron chi connectivity index (χ4n) is 1.00. The number of hydrogen-bond donors (Lipinski definition) is 1. The van der Waals surface area contributed by atoms with E-state index in [1.165, 1.54) is 0 Å². The van der Waals surface area contributed by atoms with Crippen LogP contribution in [0.2, 0.25) is 0 Å². The first-order valence-corrected chi connectivity index (χ1v) is 4.10. The van der Waals surface area contributed by atoms with Crippen LogP contribution >= 0.6 is 0 Å². The maximum absolute atomic E-state index is 12.0. The predicted octanol–water partition coefficient (Wildman–Crippen LogP) is 2.19. The zero-order valence-electron chi connectivity index (χ0n) is 8.15. The molecule has 0 radical (unpaired) electrons. The molecule has 88 valence electrons. The molecule has 1 aromatic carbocycles. The number of benzene rings is 1. The summed E-state index contributed by atoms with van der Waals surface area (Å²) in [5.41, 5.74) is -0.387. The molecule has 0 bridgehead atoms. The van der Waals surface area contributed by atoms with Gasteiger partial charge in [0.25, 0.3) is 0 Å². The second-order valence-corrected chi connectivity index (χ2v) is 2.82. The Morgan fingerprint density at radius 3 is 2.19 bits per heavy atom. The molecule has 0 spiro atoms. The molecule has 0 aliphatic carbocycles. The van der Waals surface area contributed by atoms with E-state index in [-0.39, 0.29) is 5.56 Å². The summed E-state index contributed by atoms with van der Waals surface area (Å²) < 4.78 is 40.5. The summed E-state index contributed by atoms with van der Waals surface area (Å²) in [6.07, 6.45) is -4.88. The number of anilines is 1. The van der Waals surface area contributed by atoms with Crippen molar-refractivity contribution in [3.05, 3.63) is 29.8 Å². The minimum absolute atomic E-state index is 0.0989. The molecule has 0 heterocycles. The molecular weight excluding hydrogens is 227 g/mol. The third-order valence-corrected chi connectivity index (χ3v) is 1.77. The van der Waals surface area contributed by atoms with Crippen LogP contribution in [0.15, 0.2) is 24.3 Å². The molecule has 16 heavy (non-hydrogen) atoms. The number of esters is 1. The second-order valence-electron chi connectivity index (χ2n) is 2.82. The number of hydrogen-bond acceptors (Lipinski definition) is 4. The molecule has 0 fully saturated rings. The van der Waals surface area contributed by atoms with E-state index in [1.54, 1.807) is 0 Å². The first kappa shape index (κ1) is 12.3. The van der Waals surface area contributed by atoms with E-state index in [1.807, 2.05) is 0 Å². The van der Waals surface area contributed by atoms with Crippen LogP contribution in [0.5, 0.6) is 0 Å². The second kappa shape index (κ2) is 4.40. The lowest BCUT2D eigenvalue weighted by Gasteiger charge is -2.19. The summed E-state index contributed by atoms with van der Waals surface area (Å²) in [5, 5.41) is 7.90. The van der Waals surface area contributed by atoms with Crippen molar-refractivity contribution >= 4 is 11.7 Å². The number of halogens is 3. The van der Waals surface area contributed by atoms with Gasteiger partial charge in [0.05, 0.1) is 18.4 Å². The highest BCUT2D eigenvalue weighted by molar-refractivity contribution is 5.89. The normalized spacial score (nSPS) is 11.1. The quantitative estimate of drug-likeness (QED) is 0.485. The van der Waals surface area contributed by atoms with Crippen LogP contribution in [0.1, 0.15) is 10.4 Å². The van der Waals surface area contributed by atoms with Crippen LogP contribution in [0, 0.1) is 0 Å². The van der Waals surface area contributed by atoms with Gasteiger partial charge in [-0.3, -0.25) is 5.21 Å². The Labute approximate surface area is 88.8 Å². The fraction of sp³-hybridized carbons (Fsp3) is 0.222. The van der Waals surface area contributed by atoms with Crippen LogP contribution in [0.25, 0.3) is 0 Å². The molecule has 7 heteroatoms. The van der Waals surface area contributed by atoms with Gasteiger partial charge in [0, 0.05) is 0 Å². The highest BCUT2D eigenvalue weighted by atomic mass is 19.4. The van der Waals surface area contributed by atoms with Gasteiger partial charge < -0.3 is 4.74 Å². The predicted molar refractivity (Wildman–Crippen MR) is 48.1 cm³/mol. The number of carbonyl (C=O) groups excluding carboxylic acids is 1. The van der Waals surface area contributed by atoms with Gasteiger partial charge in [-0.25, -0.2) is 4.79 Å². The van der Waals surface area contributed by atoms with Crippen molar-refractivity contribution in [2.24, 2.45) is 0 Å². The van der Waals surface area contributed by atoms with Gasteiger partial charge in [0.15, 0.2) is 0 Å². The lowest BCUT2D eigenvalue weighted by molar-refractivity contribution is -0.176. The Kier molecular flexibility index (Phi) is 3.38. The topological polar surface area (TPSA) is 49.8 Å². The molecule has 0 aliphatic rings. The van der Waals surface area contributed by atoms with E-state index in [4.69, 9.17) is 5.21 Å². The van der Waals surface area contributed by atoms with Gasteiger partial charge in [-0.05, 0) is 24.3 Å². The van der Waals surface area contributed by atoms with E-state index < -0.39 is 23.0 Å². The Bertz CT molecular complexity index is 375. The zero-order chi connectivity index (χ0) is 12.3. The molecule has 0 aliphatic heterocycles. The molecule has 1 aromatic rings. The molecular formula is C9H8F3NO3. The third kappa shape index (κ3) is 2.63. The maximum atomic E-state index is 12.0. The molecule has 0 amide bonds. The van der Waals surface area contributed by atoms with E-state index in [9.17, 15) is 18.0 Å². The number of hydroxylamine groups is 1. The number of ether oxygens (including phenoxy) is 1. The molecule has 0 unspecified atom stereocenters. The minimum atomic E-state index is -4.88. The van der Waals surface area contributed by atoms with Crippen molar-refractivity contribution in [3.63, 3.8) is 0 Å². The van der Waals surface area contributed by atoms with Gasteiger partial charge in [-0.1, -0.05) is 0 Å². The molecule has 0 saturated carbocycles. The molecule has 0 saturated heterocycles. The summed E-state index contributed by atoms with van der Waals surface area (Å²) in [6.45, 7) is 0. The third-order valence-electron chi connectivity index (χ3n) is 1.77. The lowest BCUT2D eigenvalue weighted by Crippen LogP contribution is -2.34. The average Bonchev–Trinajstić information content (AvgIpc) is 2.26. The van der Waals surface area contributed by atoms with Gasteiger partial charge >= 0.3 is 12.3 Å². The summed E-state index contributed by atoms with van der Waals surface area (Å²) in [5.74, 6) is -0.664. The summed E-state index contributed by atoms with van der Waals surface area (Å²) in [7, 11) is 1.16. The number of carbonyl (C=O) groups is 1. The van der Waals surface area contributed by atoms with Crippen molar-refractivity contribution in [2.45, 2.75) is 6.30 Å². The van der Waals surface area contributed by atoms with E-state index >= 15 is 0 Å². The van der Waals surface area contributed by atoms with E-state index in [2.05, 4.69) is 4.74 Å². The molecule has 0 atom stereocenters. The van der Waals surface area contributed by atoms with Crippen LogP contribution < -0.4 is 5.06 Å². The number of rotatable bonds is 2. The van der Waals surface area contributed by atoms with Crippen molar-refractivity contribution in [1.29, 1.82) is 0 Å². The van der Waals surface area contributed by atoms with Gasteiger partial charge in [0.1, 0.15) is 0 Å². The van der Waals surface area contributed by atoms with E-state index in [0.29, 0.717) is 0 Å². The largest absolute Gasteiger partial charge is 0.508 e. The average molecular weight is 235 g/mol. The van der Waals surface area contributed by atoms with Crippen molar-refractivity contribution in [1.82, 2.24) is 0 Å². The van der Waals surface area contributed by atoms with Crippen LogP contribution in [-0.2, 0) is 4.74 Å². The lowest BCUT2D eigenvalue weighted by atomic mass is 10.2. The van der Waals surface area contributed by atoms with Crippen LogP contribution in [0.3, 0.4) is 0 Å². The Hall–Kier alpha value is -1.76. The molecule has 4 nitrogen and oxygen atoms in total. The smallest absolute Gasteiger partial charge is 0.465 e. The monoisotopic (exact) mass is 235 g/mol. The minimum Gasteiger partial charge on any atom is -0.465 e. The van der Waals surface area contributed by atoms with Crippen molar-refractivity contribution in [2.75, 3.05) is 12.2 Å². The summed E-state index contributed by atoms with van der Waals surface area (Å²) in [6, 6.07) is 4.16. The first-order chi connectivity index (χ1) is 7.36. The Morgan fingerprint density at radius 2 is 1.81 bits per heavy atom. The van der Waals surface area contributed by atoms with Gasteiger partial charge in [0.2, 0.25) is 0 Å². The molecule has 0 aromatic heterocycles. The van der Waals surface area contributed by atoms with Gasteiger partial charge in [-0.2, -0.15) is 5.06 Å². The summed E-state index contributed by atoms with van der Waals surface area (Å²) >= 11 is 0. The van der Waals surface area contributed by atoms with Crippen LogP contribution in [0.4, 0.5) is 18.9 Å². The standard InChI is InChI=1S/C9H8F3NO3/c1-16-8(14)6-2-4-7(5-3-6)13(15)9(10,11)12/h2-5,15H,1H3. The maximum Gasteiger partial charge on any atom is 0.508 e. The Morgan fingerprint density at radius 1 is 1.31 bits per heavy atom. The SMILES string of the molecule is COC(=O)c1ccc(N(O)C(F)(F)F)cc1. The fourth-order valence-corrected chi connectivity index (χ4v) is 1.00. The zero-order valence-corrected chi connectivity index (χ0v) is 8.15. The number of alkyl halides is 3. The van der Waals surface area contributed by atoms with E-state index in [0.717, 1.165) is 31.4 Å². The summed E-state index contributed by atoms with van der Waals surface area (Å²) in [4.78, 5) is 11.0. The highest BCUT2D eigenvalue weighted by Crippen LogP contribution is 2.26. The van der Waals surface area contributed by atoms with Gasteiger partial charge in [-0.15, -0.1) is 13.2 Å². The highest BCUT2D eigenvalue weighted by Gasteiger charge is 2.37. The number of nitrogens with zero attached hydrogens (tertiary/aromatic N) is 1. The number of methoxy groups -OCH3 is 1.